The van der Waals surface area contributed by atoms with Gasteiger partial charge in [0.05, 0.1) is 11.3 Å². The highest BCUT2D eigenvalue weighted by atomic mass is 32.2. The maximum absolute atomic E-state index is 9.21. The first kappa shape index (κ1) is 11.3. The Labute approximate surface area is 101 Å². The number of nitrogens with zero attached hydrogens (tertiary/aromatic N) is 1. The van der Waals surface area contributed by atoms with E-state index in [1.807, 2.05) is 24.5 Å². The molecule has 84 valence electrons. The van der Waals surface area contributed by atoms with E-state index in [4.69, 9.17) is 0 Å². The Hall–Kier alpha value is -1.14. The van der Waals surface area contributed by atoms with E-state index in [0.717, 1.165) is 16.1 Å². The second-order valence-electron chi connectivity index (χ2n) is 4.53. The first-order valence-electron chi connectivity index (χ1n) is 5.54. The Morgan fingerprint density at radius 2 is 2.19 bits per heavy atom. The van der Waals surface area contributed by atoms with Crippen LogP contribution in [0.5, 0.6) is 0 Å². The third-order valence-electron chi connectivity index (χ3n) is 3.25. The topological polar surface area (TPSA) is 35.8 Å². The number of hydrogen-bond acceptors (Lipinski definition) is 3. The molecule has 1 aromatic rings. The van der Waals surface area contributed by atoms with Crippen LogP contribution in [0.3, 0.4) is 0 Å². The first-order valence-corrected chi connectivity index (χ1v) is 6.76. The molecule has 1 N–H and O–H groups in total. The molecule has 1 aliphatic carbocycles. The fraction of sp³-hybridized carbons (Fsp3) is 0.462. The van der Waals surface area contributed by atoms with Crippen molar-refractivity contribution >= 4 is 17.4 Å². The highest BCUT2D eigenvalue weighted by molar-refractivity contribution is 7.98. The van der Waals surface area contributed by atoms with Crippen LogP contribution >= 0.6 is 11.8 Å². The van der Waals surface area contributed by atoms with Crippen molar-refractivity contribution in [3.8, 4) is 6.07 Å². The molecule has 0 radical (unpaired) electrons. The molecule has 0 spiro atoms. The smallest absolute Gasteiger partial charge is 0.102 e. The van der Waals surface area contributed by atoms with Gasteiger partial charge >= 0.3 is 0 Å². The minimum absolute atomic E-state index is 0.197. The van der Waals surface area contributed by atoms with E-state index in [2.05, 4.69) is 18.3 Å². The monoisotopic (exact) mass is 232 g/mol. The van der Waals surface area contributed by atoms with E-state index in [1.54, 1.807) is 11.8 Å². The summed E-state index contributed by atoms with van der Waals surface area (Å²) in [6.45, 7) is 2.23. The maximum atomic E-state index is 9.21. The van der Waals surface area contributed by atoms with Crippen LogP contribution in [0.25, 0.3) is 0 Å². The van der Waals surface area contributed by atoms with Crippen molar-refractivity contribution in [1.29, 1.82) is 5.26 Å². The molecule has 16 heavy (non-hydrogen) atoms. The minimum Gasteiger partial charge on any atom is -0.379 e. The number of nitrogens with one attached hydrogen (secondary N) is 1. The highest BCUT2D eigenvalue weighted by Crippen LogP contribution is 2.36. The Bertz CT molecular complexity index is 430. The molecule has 2 rings (SSSR count). The highest BCUT2D eigenvalue weighted by Gasteiger charge is 2.32. The lowest BCUT2D eigenvalue weighted by Gasteiger charge is -2.40. The average molecular weight is 232 g/mol. The second-order valence-corrected chi connectivity index (χ2v) is 5.38. The van der Waals surface area contributed by atoms with Crippen molar-refractivity contribution in [3.05, 3.63) is 23.8 Å². The normalized spacial score (nSPS) is 17.3. The zero-order chi connectivity index (χ0) is 11.6. The van der Waals surface area contributed by atoms with Crippen molar-refractivity contribution in [1.82, 2.24) is 0 Å². The van der Waals surface area contributed by atoms with Crippen LogP contribution < -0.4 is 5.32 Å². The van der Waals surface area contributed by atoms with E-state index >= 15 is 0 Å². The molecular weight excluding hydrogens is 216 g/mol. The van der Waals surface area contributed by atoms with Crippen LogP contribution in [0.4, 0.5) is 5.69 Å². The quantitative estimate of drug-likeness (QED) is 0.808. The molecule has 0 bridgehead atoms. The van der Waals surface area contributed by atoms with Crippen LogP contribution in [0, 0.1) is 11.3 Å². The van der Waals surface area contributed by atoms with E-state index in [-0.39, 0.29) is 5.54 Å². The summed E-state index contributed by atoms with van der Waals surface area (Å²) in [5.74, 6) is 0. The van der Waals surface area contributed by atoms with Gasteiger partial charge in [-0.2, -0.15) is 5.26 Å². The van der Waals surface area contributed by atoms with E-state index < -0.39 is 0 Å². The summed E-state index contributed by atoms with van der Waals surface area (Å²) in [7, 11) is 0. The Morgan fingerprint density at radius 1 is 1.44 bits per heavy atom. The van der Waals surface area contributed by atoms with Crippen LogP contribution in [0.15, 0.2) is 23.1 Å². The van der Waals surface area contributed by atoms with Gasteiger partial charge in [-0.25, -0.2) is 0 Å². The number of thioether (sulfide) groups is 1. The van der Waals surface area contributed by atoms with Crippen molar-refractivity contribution in [2.45, 2.75) is 36.6 Å². The molecule has 0 atom stereocenters. The second kappa shape index (κ2) is 4.39. The molecule has 0 aromatic heterocycles. The van der Waals surface area contributed by atoms with Gasteiger partial charge < -0.3 is 5.32 Å². The molecular formula is C13H16N2S. The third-order valence-corrected chi connectivity index (χ3v) is 4.03. The van der Waals surface area contributed by atoms with Crippen LogP contribution in [-0.4, -0.2) is 11.8 Å². The fourth-order valence-corrected chi connectivity index (χ4v) is 2.65. The molecule has 1 aromatic carbocycles. The van der Waals surface area contributed by atoms with Crippen molar-refractivity contribution in [2.24, 2.45) is 0 Å². The number of hydrogen-bond donors (Lipinski definition) is 1. The fourth-order valence-electron chi connectivity index (χ4n) is 2.08. The minimum atomic E-state index is 0.197. The van der Waals surface area contributed by atoms with Gasteiger partial charge in [-0.15, -0.1) is 11.8 Å². The number of benzene rings is 1. The number of rotatable bonds is 3. The van der Waals surface area contributed by atoms with Gasteiger partial charge in [0.1, 0.15) is 6.07 Å². The lowest BCUT2D eigenvalue weighted by atomic mass is 9.78. The van der Waals surface area contributed by atoms with Gasteiger partial charge in [0.2, 0.25) is 0 Å². The summed E-state index contributed by atoms with van der Waals surface area (Å²) in [5, 5.41) is 12.7. The van der Waals surface area contributed by atoms with Gasteiger partial charge in [0.25, 0.3) is 0 Å². The summed E-state index contributed by atoms with van der Waals surface area (Å²) in [5.41, 5.74) is 1.96. The van der Waals surface area contributed by atoms with Gasteiger partial charge in [-0.1, -0.05) is 6.07 Å². The lowest BCUT2D eigenvalue weighted by molar-refractivity contribution is 0.306. The maximum Gasteiger partial charge on any atom is 0.102 e. The third kappa shape index (κ3) is 2.03. The Kier molecular flexibility index (Phi) is 3.11. The average Bonchev–Trinajstić information content (AvgIpc) is 2.26. The van der Waals surface area contributed by atoms with Gasteiger partial charge in [0.15, 0.2) is 0 Å². The van der Waals surface area contributed by atoms with Gasteiger partial charge in [-0.05, 0) is 44.6 Å². The van der Waals surface area contributed by atoms with Crippen LogP contribution in [0.2, 0.25) is 0 Å². The van der Waals surface area contributed by atoms with Gasteiger partial charge in [-0.3, -0.25) is 0 Å². The van der Waals surface area contributed by atoms with Crippen molar-refractivity contribution < 1.29 is 0 Å². The standard InChI is InChI=1S/C13H16N2S/c1-13(7-4-8-13)15-11-5-3-6-12(16-2)10(11)9-14/h3,5-6,15H,4,7-8H2,1-2H3. The molecule has 0 unspecified atom stereocenters. The number of anilines is 1. The largest absolute Gasteiger partial charge is 0.379 e. The Balaban J connectivity index is 2.30. The molecule has 1 aliphatic rings. The van der Waals surface area contributed by atoms with Crippen molar-refractivity contribution in [2.75, 3.05) is 11.6 Å². The van der Waals surface area contributed by atoms with Crippen LogP contribution in [0.1, 0.15) is 31.7 Å². The summed E-state index contributed by atoms with van der Waals surface area (Å²) < 4.78 is 0. The van der Waals surface area contributed by atoms with E-state index in [9.17, 15) is 5.26 Å². The SMILES string of the molecule is CSc1cccc(NC2(C)CCC2)c1C#N. The summed E-state index contributed by atoms with van der Waals surface area (Å²) in [6, 6.07) is 8.31. The van der Waals surface area contributed by atoms with Crippen LogP contribution in [-0.2, 0) is 0 Å². The molecule has 2 nitrogen and oxygen atoms in total. The zero-order valence-corrected chi connectivity index (χ0v) is 10.5. The molecule has 1 saturated carbocycles. The molecule has 0 aliphatic heterocycles. The first-order chi connectivity index (χ1) is 7.68. The summed E-state index contributed by atoms with van der Waals surface area (Å²) in [6.07, 6.45) is 5.68. The Morgan fingerprint density at radius 3 is 2.69 bits per heavy atom. The molecule has 1 fully saturated rings. The van der Waals surface area contributed by atoms with Gasteiger partial charge in [0, 0.05) is 10.4 Å². The molecule has 0 amide bonds. The summed E-state index contributed by atoms with van der Waals surface area (Å²) in [4.78, 5) is 1.05. The molecule has 3 heteroatoms. The summed E-state index contributed by atoms with van der Waals surface area (Å²) >= 11 is 1.62. The van der Waals surface area contributed by atoms with E-state index in [1.165, 1.54) is 19.3 Å². The van der Waals surface area contributed by atoms with E-state index in [0.29, 0.717) is 0 Å². The zero-order valence-electron chi connectivity index (χ0n) is 9.71. The predicted molar refractivity (Wildman–Crippen MR) is 68.8 cm³/mol. The predicted octanol–water partition coefficient (Wildman–Crippen LogP) is 3.63. The number of nitriles is 1. The molecule has 0 heterocycles. The molecule has 0 saturated heterocycles. The van der Waals surface area contributed by atoms with Crippen molar-refractivity contribution in [3.63, 3.8) is 0 Å². The lowest BCUT2D eigenvalue weighted by Crippen LogP contribution is -2.41.